The van der Waals surface area contributed by atoms with E-state index in [2.05, 4.69) is 10.3 Å². The molecule has 1 aromatic carbocycles. The monoisotopic (exact) mass is 264 g/mol. The first-order valence-electron chi connectivity index (χ1n) is 5.42. The third-order valence-electron chi connectivity index (χ3n) is 2.39. The summed E-state index contributed by atoms with van der Waals surface area (Å²) in [4.78, 5) is 26.6. The smallest absolute Gasteiger partial charge is 0.335 e. The van der Waals surface area contributed by atoms with Gasteiger partial charge in [-0.1, -0.05) is 25.2 Å². The Morgan fingerprint density at radius 3 is 2.72 bits per heavy atom. The Bertz CT molecular complexity index is 619. The van der Waals surface area contributed by atoms with Crippen molar-refractivity contribution in [1.82, 2.24) is 4.98 Å². The zero-order valence-corrected chi connectivity index (χ0v) is 10.7. The molecule has 1 amide bonds. The number of thiazole rings is 1. The van der Waals surface area contributed by atoms with E-state index in [4.69, 9.17) is 5.11 Å². The van der Waals surface area contributed by atoms with Crippen molar-refractivity contribution >= 4 is 38.6 Å². The van der Waals surface area contributed by atoms with Gasteiger partial charge in [-0.2, -0.15) is 0 Å². The number of hydrogen-bond donors (Lipinski definition) is 2. The summed E-state index contributed by atoms with van der Waals surface area (Å²) in [7, 11) is 0. The first-order chi connectivity index (χ1) is 8.47. The second-order valence-electron chi connectivity index (χ2n) is 4.15. The second kappa shape index (κ2) is 4.73. The minimum atomic E-state index is -0.974. The van der Waals surface area contributed by atoms with E-state index in [0.29, 0.717) is 10.6 Å². The summed E-state index contributed by atoms with van der Waals surface area (Å²) < 4.78 is 0.744. The maximum Gasteiger partial charge on any atom is 0.335 e. The largest absolute Gasteiger partial charge is 0.478 e. The molecular weight excluding hydrogens is 252 g/mol. The predicted octanol–water partition coefficient (Wildman–Crippen LogP) is 2.59. The number of nitrogens with one attached hydrogen (secondary N) is 1. The lowest BCUT2D eigenvalue weighted by Gasteiger charge is -2.02. The van der Waals surface area contributed by atoms with E-state index in [9.17, 15) is 9.59 Å². The first-order valence-corrected chi connectivity index (χ1v) is 6.24. The molecule has 2 aromatic rings. The van der Waals surface area contributed by atoms with Crippen molar-refractivity contribution in [3.05, 3.63) is 23.8 Å². The summed E-state index contributed by atoms with van der Waals surface area (Å²) in [6.45, 7) is 3.59. The topological polar surface area (TPSA) is 79.3 Å². The summed E-state index contributed by atoms with van der Waals surface area (Å²) in [5.41, 5.74) is 0.900. The van der Waals surface area contributed by atoms with Crippen LogP contribution in [-0.4, -0.2) is 22.0 Å². The number of rotatable bonds is 3. The average molecular weight is 264 g/mol. The zero-order valence-electron chi connectivity index (χ0n) is 9.93. The van der Waals surface area contributed by atoms with E-state index in [1.54, 1.807) is 26.0 Å². The van der Waals surface area contributed by atoms with Gasteiger partial charge in [0.1, 0.15) is 0 Å². The zero-order chi connectivity index (χ0) is 13.3. The van der Waals surface area contributed by atoms with Gasteiger partial charge in [-0.15, -0.1) is 0 Å². The number of benzene rings is 1. The minimum absolute atomic E-state index is 0.104. The molecule has 0 fully saturated rings. The Hall–Kier alpha value is -1.95. The minimum Gasteiger partial charge on any atom is -0.478 e. The van der Waals surface area contributed by atoms with Crippen LogP contribution in [0.25, 0.3) is 10.2 Å². The molecule has 1 aromatic heterocycles. The number of hydrogen-bond acceptors (Lipinski definition) is 4. The van der Waals surface area contributed by atoms with Crippen molar-refractivity contribution < 1.29 is 14.7 Å². The molecule has 0 aliphatic carbocycles. The van der Waals surface area contributed by atoms with Crippen molar-refractivity contribution in [3.8, 4) is 0 Å². The standard InChI is InChI=1S/C12H12N2O3S/c1-6(2)10(15)14-12-13-8-4-3-7(11(16)17)5-9(8)18-12/h3-6H,1-2H3,(H,16,17)(H,13,14,15). The highest BCUT2D eigenvalue weighted by molar-refractivity contribution is 7.22. The molecule has 0 atom stereocenters. The Morgan fingerprint density at radius 2 is 2.11 bits per heavy atom. The van der Waals surface area contributed by atoms with Crippen molar-refractivity contribution in [1.29, 1.82) is 0 Å². The van der Waals surface area contributed by atoms with E-state index in [0.717, 1.165) is 4.70 Å². The maximum atomic E-state index is 11.5. The predicted molar refractivity (Wildman–Crippen MR) is 70.0 cm³/mol. The molecule has 0 spiro atoms. The number of nitrogens with zero attached hydrogens (tertiary/aromatic N) is 1. The van der Waals surface area contributed by atoms with Crippen LogP contribution in [-0.2, 0) is 4.79 Å². The van der Waals surface area contributed by atoms with Crippen LogP contribution < -0.4 is 5.32 Å². The van der Waals surface area contributed by atoms with Crippen molar-refractivity contribution in [3.63, 3.8) is 0 Å². The third-order valence-corrected chi connectivity index (χ3v) is 3.32. The van der Waals surface area contributed by atoms with Crippen molar-refractivity contribution in [2.24, 2.45) is 5.92 Å². The molecule has 2 rings (SSSR count). The fraction of sp³-hybridized carbons (Fsp3) is 0.250. The molecule has 0 bridgehead atoms. The first kappa shape index (κ1) is 12.5. The highest BCUT2D eigenvalue weighted by atomic mass is 32.1. The van der Waals surface area contributed by atoms with Gasteiger partial charge >= 0.3 is 5.97 Å². The number of amides is 1. The van der Waals surface area contributed by atoms with Crippen molar-refractivity contribution in [2.75, 3.05) is 5.32 Å². The average Bonchev–Trinajstić information content (AvgIpc) is 2.69. The molecule has 94 valence electrons. The van der Waals surface area contributed by atoms with Crippen LogP contribution in [0.1, 0.15) is 24.2 Å². The number of fused-ring (bicyclic) bond motifs is 1. The summed E-state index contributed by atoms with van der Waals surface area (Å²) in [6, 6.07) is 4.69. The lowest BCUT2D eigenvalue weighted by Crippen LogP contribution is -2.17. The van der Waals surface area contributed by atoms with Gasteiger partial charge in [0.2, 0.25) is 5.91 Å². The molecule has 2 N–H and O–H groups in total. The van der Waals surface area contributed by atoms with E-state index in [1.807, 2.05) is 0 Å². The molecule has 0 radical (unpaired) electrons. The van der Waals surface area contributed by atoms with Crippen LogP contribution in [0, 0.1) is 5.92 Å². The Kier molecular flexibility index (Phi) is 3.29. The summed E-state index contributed by atoms with van der Waals surface area (Å²) in [5, 5.41) is 12.1. The van der Waals surface area contributed by atoms with Crippen LogP contribution in [0.5, 0.6) is 0 Å². The number of carboxylic acids is 1. The maximum absolute atomic E-state index is 11.5. The SMILES string of the molecule is CC(C)C(=O)Nc1nc2ccc(C(=O)O)cc2s1. The molecule has 5 nitrogen and oxygen atoms in total. The molecule has 1 heterocycles. The van der Waals surface area contributed by atoms with Gasteiger partial charge in [-0.3, -0.25) is 4.79 Å². The number of aromatic nitrogens is 1. The van der Waals surface area contributed by atoms with Gasteiger partial charge in [-0.05, 0) is 18.2 Å². The fourth-order valence-electron chi connectivity index (χ4n) is 1.36. The summed E-state index contributed by atoms with van der Waals surface area (Å²) in [5.74, 6) is -1.20. The Morgan fingerprint density at radius 1 is 1.39 bits per heavy atom. The van der Waals surface area contributed by atoms with Crippen LogP contribution in [0.2, 0.25) is 0 Å². The molecule has 18 heavy (non-hydrogen) atoms. The Labute approximate surface area is 107 Å². The second-order valence-corrected chi connectivity index (χ2v) is 5.18. The number of carbonyl (C=O) groups is 2. The van der Waals surface area contributed by atoms with E-state index in [-0.39, 0.29) is 17.4 Å². The van der Waals surface area contributed by atoms with Gasteiger partial charge < -0.3 is 10.4 Å². The summed E-state index contributed by atoms with van der Waals surface area (Å²) in [6.07, 6.45) is 0. The number of carbonyl (C=O) groups excluding carboxylic acids is 1. The van der Waals surface area contributed by atoms with Crippen LogP contribution in [0.4, 0.5) is 5.13 Å². The van der Waals surface area contributed by atoms with Gasteiger partial charge in [0, 0.05) is 5.92 Å². The molecule has 0 saturated heterocycles. The third kappa shape index (κ3) is 2.48. The van der Waals surface area contributed by atoms with E-state index >= 15 is 0 Å². The van der Waals surface area contributed by atoms with E-state index in [1.165, 1.54) is 17.4 Å². The van der Waals surface area contributed by atoms with Gasteiger partial charge in [-0.25, -0.2) is 9.78 Å². The molecule has 0 saturated carbocycles. The number of carboxylic acid groups (broad SMARTS) is 1. The number of anilines is 1. The molecule has 0 unspecified atom stereocenters. The van der Waals surface area contributed by atoms with Gasteiger partial charge in [0.25, 0.3) is 0 Å². The lowest BCUT2D eigenvalue weighted by atomic mass is 10.2. The van der Waals surface area contributed by atoms with Crippen molar-refractivity contribution in [2.45, 2.75) is 13.8 Å². The highest BCUT2D eigenvalue weighted by Crippen LogP contribution is 2.27. The number of aromatic carboxylic acids is 1. The van der Waals surface area contributed by atoms with Crippen LogP contribution in [0.3, 0.4) is 0 Å². The van der Waals surface area contributed by atoms with Crippen LogP contribution >= 0.6 is 11.3 Å². The quantitative estimate of drug-likeness (QED) is 0.893. The molecular formula is C12H12N2O3S. The highest BCUT2D eigenvalue weighted by Gasteiger charge is 2.12. The van der Waals surface area contributed by atoms with Crippen LogP contribution in [0.15, 0.2) is 18.2 Å². The van der Waals surface area contributed by atoms with Gasteiger partial charge in [0.15, 0.2) is 5.13 Å². The molecule has 6 heteroatoms. The Balaban J connectivity index is 2.33. The molecule has 0 aliphatic heterocycles. The fourth-order valence-corrected chi connectivity index (χ4v) is 2.27. The normalized spacial score (nSPS) is 10.8. The lowest BCUT2D eigenvalue weighted by molar-refractivity contribution is -0.118. The van der Waals surface area contributed by atoms with E-state index < -0.39 is 5.97 Å². The van der Waals surface area contributed by atoms with Gasteiger partial charge in [0.05, 0.1) is 15.8 Å². The molecule has 0 aliphatic rings. The summed E-state index contributed by atoms with van der Waals surface area (Å²) >= 11 is 1.27.